The number of nitrogens with zero attached hydrogens (tertiary/aromatic N) is 3. The number of halogens is 1. The van der Waals surface area contributed by atoms with E-state index in [0.717, 1.165) is 18.8 Å². The van der Waals surface area contributed by atoms with Gasteiger partial charge in [0.25, 0.3) is 0 Å². The molecule has 0 spiro atoms. The maximum atomic E-state index is 13.8. The lowest BCUT2D eigenvalue weighted by molar-refractivity contribution is 0.284. The van der Waals surface area contributed by atoms with E-state index < -0.39 is 0 Å². The Morgan fingerprint density at radius 2 is 2.25 bits per heavy atom. The van der Waals surface area contributed by atoms with E-state index in [9.17, 15) is 4.39 Å². The summed E-state index contributed by atoms with van der Waals surface area (Å²) in [6.07, 6.45) is 2.46. The van der Waals surface area contributed by atoms with Gasteiger partial charge in [0.2, 0.25) is 0 Å². The van der Waals surface area contributed by atoms with Crippen molar-refractivity contribution in [1.82, 2.24) is 14.8 Å². The Bertz CT molecular complexity index is 568. The van der Waals surface area contributed by atoms with E-state index in [1.807, 2.05) is 0 Å². The summed E-state index contributed by atoms with van der Waals surface area (Å²) < 4.78 is 21.1. The van der Waals surface area contributed by atoms with E-state index in [2.05, 4.69) is 17.0 Å². The second kappa shape index (κ2) is 6.47. The molecule has 1 heterocycles. The molecule has 108 valence electrons. The number of hydrogen-bond acceptors (Lipinski definition) is 4. The molecular formula is C14H19FN4O. The van der Waals surface area contributed by atoms with E-state index in [-0.39, 0.29) is 18.5 Å². The lowest BCUT2D eigenvalue weighted by Crippen LogP contribution is -2.09. The first-order chi connectivity index (χ1) is 9.61. The predicted octanol–water partition coefficient (Wildman–Crippen LogP) is 2.43. The molecule has 1 unspecified atom stereocenters. The molecule has 1 aromatic carbocycles. The fourth-order valence-electron chi connectivity index (χ4n) is 1.91. The van der Waals surface area contributed by atoms with Gasteiger partial charge in [-0.2, -0.15) is 5.10 Å². The number of aromatic nitrogens is 3. The second-order valence-corrected chi connectivity index (χ2v) is 4.66. The van der Waals surface area contributed by atoms with Crippen LogP contribution < -0.4 is 10.5 Å². The molecule has 0 bridgehead atoms. The molecule has 1 aromatic heterocycles. The molecule has 0 amide bonds. The molecule has 6 heteroatoms. The maximum absolute atomic E-state index is 13.8. The van der Waals surface area contributed by atoms with Gasteiger partial charge < -0.3 is 10.5 Å². The third kappa shape index (κ3) is 3.33. The Kier molecular flexibility index (Phi) is 4.68. The van der Waals surface area contributed by atoms with Crippen LogP contribution >= 0.6 is 0 Å². The van der Waals surface area contributed by atoms with Gasteiger partial charge in [-0.05, 0) is 19.4 Å². The standard InChI is InChI=1S/C14H19FN4O/c1-3-6-19-14(17-9-18-19)8-20-11-4-5-12(10(2)16)13(15)7-11/h4-5,7,9-10H,3,6,8,16H2,1-2H3. The van der Waals surface area contributed by atoms with E-state index in [0.29, 0.717) is 11.3 Å². The van der Waals surface area contributed by atoms with Crippen LogP contribution in [0.2, 0.25) is 0 Å². The van der Waals surface area contributed by atoms with Gasteiger partial charge in [-0.3, -0.25) is 0 Å². The molecule has 5 nitrogen and oxygen atoms in total. The molecule has 0 fully saturated rings. The number of rotatable bonds is 6. The summed E-state index contributed by atoms with van der Waals surface area (Å²) >= 11 is 0. The van der Waals surface area contributed by atoms with Crippen LogP contribution in [0.15, 0.2) is 24.5 Å². The molecule has 0 aliphatic rings. The summed E-state index contributed by atoms with van der Waals surface area (Å²) in [7, 11) is 0. The summed E-state index contributed by atoms with van der Waals surface area (Å²) in [6, 6.07) is 4.37. The normalized spacial score (nSPS) is 12.4. The van der Waals surface area contributed by atoms with Gasteiger partial charge >= 0.3 is 0 Å². The zero-order valence-electron chi connectivity index (χ0n) is 11.7. The van der Waals surface area contributed by atoms with Gasteiger partial charge in [0.05, 0.1) is 0 Å². The van der Waals surface area contributed by atoms with Gasteiger partial charge in [0.15, 0.2) is 5.82 Å². The summed E-state index contributed by atoms with van der Waals surface area (Å²) in [5.74, 6) is 0.828. The van der Waals surface area contributed by atoms with E-state index in [1.54, 1.807) is 23.7 Å². The second-order valence-electron chi connectivity index (χ2n) is 4.66. The molecule has 2 N–H and O–H groups in total. The molecule has 20 heavy (non-hydrogen) atoms. The predicted molar refractivity (Wildman–Crippen MR) is 73.6 cm³/mol. The number of aryl methyl sites for hydroxylation is 1. The molecule has 2 aromatic rings. The monoisotopic (exact) mass is 278 g/mol. The zero-order valence-corrected chi connectivity index (χ0v) is 11.7. The number of hydrogen-bond donors (Lipinski definition) is 1. The first-order valence-corrected chi connectivity index (χ1v) is 6.66. The smallest absolute Gasteiger partial charge is 0.164 e. The van der Waals surface area contributed by atoms with E-state index >= 15 is 0 Å². The zero-order chi connectivity index (χ0) is 14.5. The minimum atomic E-state index is -0.354. The highest BCUT2D eigenvalue weighted by Crippen LogP contribution is 2.21. The topological polar surface area (TPSA) is 66.0 Å². The quantitative estimate of drug-likeness (QED) is 0.881. The van der Waals surface area contributed by atoms with Gasteiger partial charge in [-0.1, -0.05) is 13.0 Å². The van der Waals surface area contributed by atoms with Crippen molar-refractivity contribution >= 4 is 0 Å². The molecule has 0 aliphatic carbocycles. The Morgan fingerprint density at radius 1 is 1.45 bits per heavy atom. The van der Waals surface area contributed by atoms with E-state index in [4.69, 9.17) is 10.5 Å². The van der Waals surface area contributed by atoms with Crippen LogP contribution in [-0.2, 0) is 13.2 Å². The molecule has 0 saturated carbocycles. The SMILES string of the molecule is CCCn1ncnc1COc1ccc(C(C)N)c(F)c1. The van der Waals surface area contributed by atoms with Crippen molar-refractivity contribution < 1.29 is 9.13 Å². The first-order valence-electron chi connectivity index (χ1n) is 6.66. The highest BCUT2D eigenvalue weighted by Gasteiger charge is 2.09. The van der Waals surface area contributed by atoms with Crippen LogP contribution in [0.3, 0.4) is 0 Å². The molecule has 0 aliphatic heterocycles. The fourth-order valence-corrected chi connectivity index (χ4v) is 1.91. The Morgan fingerprint density at radius 3 is 2.90 bits per heavy atom. The van der Waals surface area contributed by atoms with Gasteiger partial charge in [-0.25, -0.2) is 14.1 Å². The van der Waals surface area contributed by atoms with Crippen molar-refractivity contribution in [3.05, 3.63) is 41.7 Å². The van der Waals surface area contributed by atoms with Crippen molar-refractivity contribution in [2.45, 2.75) is 39.5 Å². The Balaban J connectivity index is 2.04. The van der Waals surface area contributed by atoms with Crippen molar-refractivity contribution in [1.29, 1.82) is 0 Å². The van der Waals surface area contributed by atoms with Crippen LogP contribution in [-0.4, -0.2) is 14.8 Å². The Hall–Kier alpha value is -1.95. The molecular weight excluding hydrogens is 259 g/mol. The van der Waals surface area contributed by atoms with Crippen molar-refractivity contribution in [2.75, 3.05) is 0 Å². The summed E-state index contributed by atoms with van der Waals surface area (Å²) in [6.45, 7) is 4.86. The molecule has 0 saturated heterocycles. The van der Waals surface area contributed by atoms with Crippen LogP contribution in [0.4, 0.5) is 4.39 Å². The average molecular weight is 278 g/mol. The minimum Gasteiger partial charge on any atom is -0.486 e. The third-order valence-corrected chi connectivity index (χ3v) is 2.96. The average Bonchev–Trinajstić information content (AvgIpc) is 2.84. The summed E-state index contributed by atoms with van der Waals surface area (Å²) in [5.41, 5.74) is 6.14. The fraction of sp³-hybridized carbons (Fsp3) is 0.429. The van der Waals surface area contributed by atoms with Crippen LogP contribution in [0.1, 0.15) is 37.7 Å². The van der Waals surface area contributed by atoms with Crippen LogP contribution in [0.25, 0.3) is 0 Å². The molecule has 0 radical (unpaired) electrons. The van der Waals surface area contributed by atoms with Gasteiger partial charge in [0.1, 0.15) is 24.5 Å². The molecule has 2 rings (SSSR count). The van der Waals surface area contributed by atoms with Crippen molar-refractivity contribution in [3.8, 4) is 5.75 Å². The molecule has 1 atom stereocenters. The maximum Gasteiger partial charge on any atom is 0.164 e. The van der Waals surface area contributed by atoms with Gasteiger partial charge in [0, 0.05) is 24.2 Å². The third-order valence-electron chi connectivity index (χ3n) is 2.96. The lowest BCUT2D eigenvalue weighted by Gasteiger charge is -2.10. The minimum absolute atomic E-state index is 0.261. The van der Waals surface area contributed by atoms with Crippen LogP contribution in [0, 0.1) is 5.82 Å². The highest BCUT2D eigenvalue weighted by atomic mass is 19.1. The van der Waals surface area contributed by atoms with E-state index in [1.165, 1.54) is 12.4 Å². The van der Waals surface area contributed by atoms with Crippen molar-refractivity contribution in [2.24, 2.45) is 5.73 Å². The van der Waals surface area contributed by atoms with Crippen molar-refractivity contribution in [3.63, 3.8) is 0 Å². The first kappa shape index (κ1) is 14.5. The van der Waals surface area contributed by atoms with Crippen LogP contribution in [0.5, 0.6) is 5.75 Å². The summed E-state index contributed by atoms with van der Waals surface area (Å²) in [5, 5.41) is 4.11. The van der Waals surface area contributed by atoms with Gasteiger partial charge in [-0.15, -0.1) is 0 Å². The largest absolute Gasteiger partial charge is 0.486 e. The number of nitrogens with two attached hydrogens (primary N) is 1. The summed E-state index contributed by atoms with van der Waals surface area (Å²) in [4.78, 5) is 4.13. The number of ether oxygens (including phenoxy) is 1. The lowest BCUT2D eigenvalue weighted by atomic mass is 10.1. The number of benzene rings is 1. The highest BCUT2D eigenvalue weighted by molar-refractivity contribution is 5.30. The Labute approximate surface area is 117 Å².